The van der Waals surface area contributed by atoms with Gasteiger partial charge in [0.2, 0.25) is 5.91 Å². The van der Waals surface area contributed by atoms with Crippen molar-refractivity contribution in [3.63, 3.8) is 0 Å². The minimum absolute atomic E-state index is 0.212. The van der Waals surface area contributed by atoms with E-state index in [0.29, 0.717) is 27.2 Å². The van der Waals surface area contributed by atoms with Gasteiger partial charge in [0, 0.05) is 17.2 Å². The first-order valence-electron chi connectivity index (χ1n) is 9.69. The number of aryl methyl sites for hydroxylation is 3. The summed E-state index contributed by atoms with van der Waals surface area (Å²) in [6.45, 7) is 7.64. The number of amides is 1. The Labute approximate surface area is 190 Å². The normalized spacial score (nSPS) is 11.8. The SMILES string of the molecule is COc1cc(Cl)c(C)cc1NC(=O)[C@@H](C)Sc1ccc(=O)n(-c2ccc(C)c(C)c2)n1. The van der Waals surface area contributed by atoms with Crippen LogP contribution in [0.15, 0.2) is 52.3 Å². The fraction of sp³-hybridized carbons (Fsp3) is 0.261. The van der Waals surface area contributed by atoms with Crippen molar-refractivity contribution in [1.29, 1.82) is 0 Å². The van der Waals surface area contributed by atoms with Crippen molar-refractivity contribution < 1.29 is 9.53 Å². The van der Waals surface area contributed by atoms with Crippen LogP contribution in [0.1, 0.15) is 23.6 Å². The lowest BCUT2D eigenvalue weighted by Gasteiger charge is -2.15. The predicted molar refractivity (Wildman–Crippen MR) is 126 cm³/mol. The van der Waals surface area contributed by atoms with Gasteiger partial charge in [0.05, 0.1) is 23.7 Å². The molecule has 1 aromatic heterocycles. The molecular weight excluding hydrogens is 434 g/mol. The number of methoxy groups -OCH3 is 1. The number of carbonyl (C=O) groups excluding carboxylic acids is 1. The number of halogens is 1. The Hall–Kier alpha value is -2.77. The molecule has 0 fully saturated rings. The Morgan fingerprint density at radius 2 is 1.84 bits per heavy atom. The summed E-state index contributed by atoms with van der Waals surface area (Å²) in [5.74, 6) is 0.276. The maximum absolute atomic E-state index is 12.8. The summed E-state index contributed by atoms with van der Waals surface area (Å²) in [5, 5.41) is 8.00. The van der Waals surface area contributed by atoms with Crippen molar-refractivity contribution in [3.8, 4) is 11.4 Å². The zero-order valence-electron chi connectivity index (χ0n) is 18.0. The number of rotatable bonds is 6. The van der Waals surface area contributed by atoms with Crippen LogP contribution in [0.4, 0.5) is 5.69 Å². The molecule has 3 aromatic rings. The molecule has 3 rings (SSSR count). The molecule has 2 aromatic carbocycles. The van der Waals surface area contributed by atoms with Crippen LogP contribution in [-0.2, 0) is 4.79 Å². The standard InChI is InChI=1S/C23H24ClN3O3S/c1-13-6-7-17(10-14(13)2)27-22(28)9-8-21(26-27)31-16(4)23(29)25-19-11-15(3)18(24)12-20(19)30-5/h6-12,16H,1-5H3,(H,25,29)/t16-/m1/s1. The van der Waals surface area contributed by atoms with Crippen LogP contribution in [0.5, 0.6) is 5.75 Å². The highest BCUT2D eigenvalue weighted by Gasteiger charge is 2.18. The molecule has 0 spiro atoms. The van der Waals surface area contributed by atoms with Gasteiger partial charge in [-0.2, -0.15) is 9.78 Å². The molecule has 6 nitrogen and oxygen atoms in total. The monoisotopic (exact) mass is 457 g/mol. The van der Waals surface area contributed by atoms with E-state index in [0.717, 1.165) is 16.7 Å². The third kappa shape index (κ3) is 5.29. The fourth-order valence-corrected chi connectivity index (χ4v) is 3.86. The fourth-order valence-electron chi connectivity index (χ4n) is 2.90. The van der Waals surface area contributed by atoms with E-state index in [1.807, 2.05) is 39.0 Å². The highest BCUT2D eigenvalue weighted by Crippen LogP contribution is 2.32. The third-order valence-corrected chi connectivity index (χ3v) is 6.35. The summed E-state index contributed by atoms with van der Waals surface area (Å²) >= 11 is 7.40. The van der Waals surface area contributed by atoms with E-state index in [2.05, 4.69) is 10.4 Å². The first-order valence-corrected chi connectivity index (χ1v) is 10.9. The molecule has 31 heavy (non-hydrogen) atoms. The second-order valence-corrected chi connectivity index (χ2v) is 9.01. The van der Waals surface area contributed by atoms with E-state index in [9.17, 15) is 9.59 Å². The van der Waals surface area contributed by atoms with Gasteiger partial charge in [0.1, 0.15) is 10.8 Å². The molecule has 0 aliphatic carbocycles. The minimum Gasteiger partial charge on any atom is -0.495 e. The van der Waals surface area contributed by atoms with Crippen molar-refractivity contribution in [1.82, 2.24) is 9.78 Å². The Morgan fingerprint density at radius 3 is 2.52 bits per heavy atom. The second-order valence-electron chi connectivity index (χ2n) is 7.24. The zero-order valence-corrected chi connectivity index (χ0v) is 19.6. The summed E-state index contributed by atoms with van der Waals surface area (Å²) < 4.78 is 6.67. The molecule has 1 N–H and O–H groups in total. The van der Waals surface area contributed by atoms with Crippen molar-refractivity contribution in [2.24, 2.45) is 0 Å². The number of nitrogens with zero attached hydrogens (tertiary/aromatic N) is 2. The molecule has 8 heteroatoms. The van der Waals surface area contributed by atoms with Crippen molar-refractivity contribution >= 4 is 35.0 Å². The highest BCUT2D eigenvalue weighted by atomic mass is 35.5. The molecule has 1 amide bonds. The predicted octanol–water partition coefficient (Wildman–Crippen LogP) is 4.94. The smallest absolute Gasteiger partial charge is 0.271 e. The number of ether oxygens (including phenoxy) is 1. The lowest BCUT2D eigenvalue weighted by Crippen LogP contribution is -2.24. The zero-order chi connectivity index (χ0) is 22.7. The van der Waals surface area contributed by atoms with Gasteiger partial charge in [-0.05, 0) is 68.7 Å². The first kappa shape index (κ1) is 22.9. The number of aromatic nitrogens is 2. The van der Waals surface area contributed by atoms with Gasteiger partial charge < -0.3 is 10.1 Å². The van der Waals surface area contributed by atoms with Crippen LogP contribution in [0.2, 0.25) is 5.02 Å². The summed E-state index contributed by atoms with van der Waals surface area (Å²) in [6, 6.07) is 12.3. The number of benzene rings is 2. The van der Waals surface area contributed by atoms with Crippen LogP contribution >= 0.6 is 23.4 Å². The summed E-state index contributed by atoms with van der Waals surface area (Å²) in [4.78, 5) is 25.1. The molecular formula is C23H24ClN3O3S. The number of hydrogen-bond donors (Lipinski definition) is 1. The van der Waals surface area contributed by atoms with E-state index in [1.165, 1.54) is 29.6 Å². The van der Waals surface area contributed by atoms with E-state index in [1.54, 1.807) is 25.1 Å². The average Bonchev–Trinajstić information content (AvgIpc) is 2.73. The van der Waals surface area contributed by atoms with Crippen molar-refractivity contribution in [2.75, 3.05) is 12.4 Å². The Balaban J connectivity index is 1.80. The first-order chi connectivity index (χ1) is 14.7. The number of anilines is 1. The second kappa shape index (κ2) is 9.58. The molecule has 0 saturated carbocycles. The van der Waals surface area contributed by atoms with Crippen LogP contribution in [0.3, 0.4) is 0 Å². The number of nitrogens with one attached hydrogen (secondary N) is 1. The van der Waals surface area contributed by atoms with E-state index in [-0.39, 0.29) is 11.5 Å². The largest absolute Gasteiger partial charge is 0.495 e. The molecule has 0 saturated heterocycles. The maximum Gasteiger partial charge on any atom is 0.271 e. The highest BCUT2D eigenvalue weighted by molar-refractivity contribution is 8.00. The number of thioether (sulfide) groups is 1. The quantitative estimate of drug-likeness (QED) is 0.531. The molecule has 1 atom stereocenters. The van der Waals surface area contributed by atoms with Crippen LogP contribution in [0, 0.1) is 20.8 Å². The van der Waals surface area contributed by atoms with Gasteiger partial charge >= 0.3 is 0 Å². The summed E-state index contributed by atoms with van der Waals surface area (Å²) in [6.07, 6.45) is 0. The Morgan fingerprint density at radius 1 is 1.10 bits per heavy atom. The van der Waals surface area contributed by atoms with Gasteiger partial charge in [-0.1, -0.05) is 29.4 Å². The molecule has 0 aliphatic heterocycles. The van der Waals surface area contributed by atoms with Crippen LogP contribution < -0.4 is 15.6 Å². The van der Waals surface area contributed by atoms with Gasteiger partial charge in [0.15, 0.2) is 0 Å². The Bertz CT molecular complexity index is 1190. The summed E-state index contributed by atoms with van der Waals surface area (Å²) in [7, 11) is 1.52. The molecule has 0 radical (unpaired) electrons. The van der Waals surface area contributed by atoms with Crippen LogP contribution in [-0.4, -0.2) is 28.0 Å². The molecule has 0 bridgehead atoms. The maximum atomic E-state index is 12.8. The Kier molecular flexibility index (Phi) is 7.08. The van der Waals surface area contributed by atoms with Gasteiger partial charge in [-0.25, -0.2) is 0 Å². The topological polar surface area (TPSA) is 73.2 Å². The summed E-state index contributed by atoms with van der Waals surface area (Å²) in [5.41, 5.74) is 4.06. The van der Waals surface area contributed by atoms with E-state index >= 15 is 0 Å². The van der Waals surface area contributed by atoms with E-state index in [4.69, 9.17) is 16.3 Å². The number of hydrogen-bond acceptors (Lipinski definition) is 5. The van der Waals surface area contributed by atoms with Crippen LogP contribution in [0.25, 0.3) is 5.69 Å². The molecule has 0 unspecified atom stereocenters. The van der Waals surface area contributed by atoms with Crippen molar-refractivity contribution in [3.05, 3.63) is 74.5 Å². The molecule has 1 heterocycles. The average molecular weight is 458 g/mol. The minimum atomic E-state index is -0.459. The lowest BCUT2D eigenvalue weighted by molar-refractivity contribution is -0.115. The van der Waals surface area contributed by atoms with Gasteiger partial charge in [0.25, 0.3) is 5.56 Å². The van der Waals surface area contributed by atoms with E-state index < -0.39 is 5.25 Å². The number of carbonyl (C=O) groups is 1. The molecule has 162 valence electrons. The molecule has 0 aliphatic rings. The third-order valence-electron chi connectivity index (χ3n) is 4.92. The van der Waals surface area contributed by atoms with Gasteiger partial charge in [-0.3, -0.25) is 9.59 Å². The lowest BCUT2D eigenvalue weighted by atomic mass is 10.1. The van der Waals surface area contributed by atoms with Crippen molar-refractivity contribution in [2.45, 2.75) is 38.0 Å². The van der Waals surface area contributed by atoms with Gasteiger partial charge in [-0.15, -0.1) is 0 Å².